The van der Waals surface area contributed by atoms with E-state index >= 15 is 0 Å². The van der Waals surface area contributed by atoms with E-state index < -0.39 is 17.6 Å². The van der Waals surface area contributed by atoms with E-state index in [1.165, 1.54) is 49.6 Å². The zero-order valence-corrected chi connectivity index (χ0v) is 15.4. The highest BCUT2D eigenvalue weighted by Gasteiger charge is 2.34. The molecular weight excluding hydrogens is 395 g/mol. The summed E-state index contributed by atoms with van der Waals surface area (Å²) in [6.45, 7) is 0. The van der Waals surface area contributed by atoms with Gasteiger partial charge in [0.1, 0.15) is 11.4 Å². The zero-order valence-electron chi connectivity index (χ0n) is 13.8. The number of halogens is 2. The summed E-state index contributed by atoms with van der Waals surface area (Å²) in [6, 6.07) is 7.89. The lowest BCUT2D eigenvalue weighted by Gasteiger charge is -2.28. The molecule has 3 rings (SSSR count). The summed E-state index contributed by atoms with van der Waals surface area (Å²) in [7, 11) is 1.34. The number of thiocarbonyl (C=S) groups is 1. The summed E-state index contributed by atoms with van der Waals surface area (Å²) in [5.41, 5.74) is 0.454. The van der Waals surface area contributed by atoms with Crippen LogP contribution < -0.4 is 15.0 Å². The molecule has 2 amide bonds. The molecule has 1 aliphatic rings. The summed E-state index contributed by atoms with van der Waals surface area (Å²) in [4.78, 5) is 26.2. The number of phenols is 1. The first-order chi connectivity index (χ1) is 12.8. The lowest BCUT2D eigenvalue weighted by atomic mass is 10.1. The largest absolute Gasteiger partial charge is 0.503 e. The van der Waals surface area contributed by atoms with Gasteiger partial charge in [0.15, 0.2) is 16.6 Å². The molecule has 9 heteroatoms. The van der Waals surface area contributed by atoms with Gasteiger partial charge in [0.05, 0.1) is 17.8 Å². The van der Waals surface area contributed by atoms with Crippen molar-refractivity contribution >= 4 is 52.5 Å². The molecule has 0 saturated carbocycles. The predicted octanol–water partition coefficient (Wildman–Crippen LogP) is 3.02. The highest BCUT2D eigenvalue weighted by molar-refractivity contribution is 7.80. The van der Waals surface area contributed by atoms with Crippen LogP contribution in [0.3, 0.4) is 0 Å². The van der Waals surface area contributed by atoms with Crippen molar-refractivity contribution in [3.63, 3.8) is 0 Å². The van der Waals surface area contributed by atoms with Crippen LogP contribution in [-0.4, -0.2) is 29.1 Å². The molecule has 0 bridgehead atoms. The number of hydrogen-bond donors (Lipinski definition) is 2. The first kappa shape index (κ1) is 18.8. The minimum atomic E-state index is -0.688. The number of amides is 2. The van der Waals surface area contributed by atoms with Crippen LogP contribution in [0, 0.1) is 5.82 Å². The van der Waals surface area contributed by atoms with Crippen LogP contribution >= 0.6 is 23.8 Å². The summed E-state index contributed by atoms with van der Waals surface area (Å²) < 4.78 is 18.2. The summed E-state index contributed by atoms with van der Waals surface area (Å²) in [5.74, 6) is -2.01. The first-order valence-corrected chi connectivity index (χ1v) is 8.34. The highest BCUT2D eigenvalue weighted by atomic mass is 35.5. The van der Waals surface area contributed by atoms with Gasteiger partial charge in [-0.3, -0.25) is 19.8 Å². The smallest absolute Gasteiger partial charge is 0.270 e. The zero-order chi connectivity index (χ0) is 19.7. The molecule has 0 unspecified atom stereocenters. The molecule has 2 N–H and O–H groups in total. The average molecular weight is 407 g/mol. The normalized spacial score (nSPS) is 15.9. The Bertz CT molecular complexity index is 992. The summed E-state index contributed by atoms with van der Waals surface area (Å²) in [5, 5.41) is 12.1. The number of aromatic hydroxyl groups is 1. The number of hydrogen-bond acceptors (Lipinski definition) is 5. The second kappa shape index (κ2) is 7.34. The number of methoxy groups -OCH3 is 1. The van der Waals surface area contributed by atoms with Gasteiger partial charge in [-0.15, -0.1) is 0 Å². The molecule has 2 aromatic carbocycles. The lowest BCUT2D eigenvalue weighted by molar-refractivity contribution is -0.122. The number of carbonyl (C=O) groups excluding carboxylic acids is 2. The standard InChI is InChI=1S/C18H12ClFN2O4S/c1-26-14-8-9(7-13(19)15(14)23)6-12-16(24)21-18(27)22(17(12)25)11-4-2-10(20)3-5-11/h2-8,23H,1H3,(H,21,24,27). The number of nitrogens with zero attached hydrogens (tertiary/aromatic N) is 1. The summed E-state index contributed by atoms with van der Waals surface area (Å²) >= 11 is 11.0. The van der Waals surface area contributed by atoms with E-state index in [0.29, 0.717) is 11.3 Å². The third kappa shape index (κ3) is 3.62. The van der Waals surface area contributed by atoms with Crippen LogP contribution in [0.25, 0.3) is 6.08 Å². The summed E-state index contributed by atoms with van der Waals surface area (Å²) in [6.07, 6.45) is 1.30. The van der Waals surface area contributed by atoms with Crippen molar-refractivity contribution in [2.45, 2.75) is 0 Å². The van der Waals surface area contributed by atoms with Gasteiger partial charge in [-0.05, 0) is 60.3 Å². The molecule has 2 aromatic rings. The van der Waals surface area contributed by atoms with Gasteiger partial charge in [-0.25, -0.2) is 4.39 Å². The van der Waals surface area contributed by atoms with Gasteiger partial charge >= 0.3 is 0 Å². The van der Waals surface area contributed by atoms with E-state index in [1.807, 2.05) is 0 Å². The first-order valence-electron chi connectivity index (χ1n) is 7.55. The van der Waals surface area contributed by atoms with E-state index in [9.17, 15) is 19.1 Å². The lowest BCUT2D eigenvalue weighted by Crippen LogP contribution is -2.54. The number of ether oxygens (including phenoxy) is 1. The minimum Gasteiger partial charge on any atom is -0.503 e. The predicted molar refractivity (Wildman–Crippen MR) is 102 cm³/mol. The van der Waals surface area contributed by atoms with Crippen molar-refractivity contribution in [2.75, 3.05) is 12.0 Å². The quantitative estimate of drug-likeness (QED) is 0.465. The molecule has 0 radical (unpaired) electrons. The van der Waals surface area contributed by atoms with Gasteiger partial charge < -0.3 is 9.84 Å². The molecule has 0 atom stereocenters. The van der Waals surface area contributed by atoms with Gasteiger partial charge in [-0.1, -0.05) is 11.6 Å². The van der Waals surface area contributed by atoms with Crippen molar-refractivity contribution in [1.82, 2.24) is 5.32 Å². The maximum atomic E-state index is 13.2. The Balaban J connectivity index is 2.04. The van der Waals surface area contributed by atoms with Crippen LogP contribution in [0.15, 0.2) is 42.0 Å². The monoisotopic (exact) mass is 406 g/mol. The molecule has 1 fully saturated rings. The SMILES string of the molecule is COc1cc(C=C2C(=O)NC(=S)N(c3ccc(F)cc3)C2=O)cc(Cl)c1O. The highest BCUT2D eigenvalue weighted by Crippen LogP contribution is 2.35. The van der Waals surface area contributed by atoms with Crippen LogP contribution in [0.2, 0.25) is 5.02 Å². The topological polar surface area (TPSA) is 78.9 Å². The van der Waals surface area contributed by atoms with Crippen molar-refractivity contribution in [3.05, 3.63) is 58.4 Å². The molecule has 1 heterocycles. The Morgan fingerprint density at radius 2 is 1.93 bits per heavy atom. The number of nitrogens with one attached hydrogen (secondary N) is 1. The minimum absolute atomic E-state index is 0.00391. The van der Waals surface area contributed by atoms with Crippen molar-refractivity contribution in [1.29, 1.82) is 0 Å². The number of anilines is 1. The average Bonchev–Trinajstić information content (AvgIpc) is 2.62. The fourth-order valence-electron chi connectivity index (χ4n) is 2.48. The second-order valence-corrected chi connectivity index (χ2v) is 6.28. The van der Waals surface area contributed by atoms with Gasteiger partial charge in [0, 0.05) is 0 Å². The maximum absolute atomic E-state index is 13.2. The fraction of sp³-hybridized carbons (Fsp3) is 0.0556. The Kier molecular flexibility index (Phi) is 5.11. The molecule has 0 aliphatic carbocycles. The second-order valence-electron chi connectivity index (χ2n) is 5.49. The molecule has 27 heavy (non-hydrogen) atoms. The van der Waals surface area contributed by atoms with Crippen LogP contribution in [-0.2, 0) is 9.59 Å². The molecule has 6 nitrogen and oxygen atoms in total. The van der Waals surface area contributed by atoms with E-state index in [2.05, 4.69) is 5.32 Å². The van der Waals surface area contributed by atoms with Crippen LogP contribution in [0.1, 0.15) is 5.56 Å². The number of phenolic OH excluding ortho intramolecular Hbond substituents is 1. The maximum Gasteiger partial charge on any atom is 0.270 e. The Hall–Kier alpha value is -2.97. The van der Waals surface area contributed by atoms with E-state index in [-0.39, 0.29) is 27.2 Å². The van der Waals surface area contributed by atoms with Crippen LogP contribution in [0.5, 0.6) is 11.5 Å². The Morgan fingerprint density at radius 1 is 1.26 bits per heavy atom. The van der Waals surface area contributed by atoms with E-state index in [4.69, 9.17) is 28.6 Å². The fourth-order valence-corrected chi connectivity index (χ4v) is 2.98. The molecule has 138 valence electrons. The van der Waals surface area contributed by atoms with Gasteiger partial charge in [-0.2, -0.15) is 0 Å². The third-order valence-corrected chi connectivity index (χ3v) is 4.34. The van der Waals surface area contributed by atoms with E-state index in [1.54, 1.807) is 0 Å². The Labute approximate surface area is 163 Å². The van der Waals surface area contributed by atoms with Crippen molar-refractivity contribution in [3.8, 4) is 11.5 Å². The van der Waals surface area contributed by atoms with E-state index in [0.717, 1.165) is 4.90 Å². The number of benzene rings is 2. The molecule has 1 saturated heterocycles. The van der Waals surface area contributed by atoms with Gasteiger partial charge in [0.25, 0.3) is 11.8 Å². The molecular formula is C18H12ClFN2O4S. The number of rotatable bonds is 3. The van der Waals surface area contributed by atoms with Crippen molar-refractivity contribution in [2.24, 2.45) is 0 Å². The van der Waals surface area contributed by atoms with Crippen LogP contribution in [0.4, 0.5) is 10.1 Å². The molecule has 0 spiro atoms. The molecule has 1 aliphatic heterocycles. The van der Waals surface area contributed by atoms with Crippen molar-refractivity contribution < 1.29 is 23.8 Å². The Morgan fingerprint density at radius 3 is 2.56 bits per heavy atom. The number of carbonyl (C=O) groups is 2. The molecule has 0 aromatic heterocycles. The third-order valence-electron chi connectivity index (χ3n) is 3.77. The van der Waals surface area contributed by atoms with Gasteiger partial charge in [0.2, 0.25) is 0 Å².